The standard InChI is InChI=1S/C24H25F3N10/c1-13(15-8-31-22(32-9-15)35-17-3-4-37(2)12-17)34-23-33-7-14(6-28)20(36-23)19-11-30-21-18(19)5-16(10-29-21)24(25,26)27/h5,7-9,11,13,17,29-30H,3-4,10,12H2,1-2H3,(H,31,32,35)(H,33,34,36)/t13-,17+/m1/s1. The minimum absolute atomic E-state index is 0.142. The van der Waals surface area contributed by atoms with E-state index in [2.05, 4.69) is 52.8 Å². The number of nitrogens with zero attached hydrogens (tertiary/aromatic N) is 6. The Bertz CT molecular complexity index is 1360. The smallest absolute Gasteiger partial charge is 0.367 e. The Morgan fingerprint density at radius 3 is 2.62 bits per heavy atom. The molecule has 0 saturated carbocycles. The van der Waals surface area contributed by atoms with Crippen LogP contribution in [0.5, 0.6) is 0 Å². The molecule has 0 radical (unpaired) electrons. The van der Waals surface area contributed by atoms with Gasteiger partial charge in [0.15, 0.2) is 0 Å². The number of aromatic nitrogens is 5. The second kappa shape index (κ2) is 9.70. The van der Waals surface area contributed by atoms with Crippen LogP contribution in [0, 0.1) is 11.3 Å². The number of likely N-dealkylation sites (N-methyl/N-ethyl adjacent to an activating group) is 1. The maximum Gasteiger partial charge on any atom is 0.414 e. The molecule has 13 heteroatoms. The zero-order chi connectivity index (χ0) is 26.2. The van der Waals surface area contributed by atoms with E-state index < -0.39 is 11.7 Å². The van der Waals surface area contributed by atoms with Crippen LogP contribution >= 0.6 is 0 Å². The Kier molecular flexibility index (Phi) is 6.43. The van der Waals surface area contributed by atoms with E-state index in [0.717, 1.165) is 31.1 Å². The number of alkyl halides is 3. The van der Waals surface area contributed by atoms with Gasteiger partial charge >= 0.3 is 6.18 Å². The van der Waals surface area contributed by atoms with E-state index >= 15 is 0 Å². The van der Waals surface area contributed by atoms with Gasteiger partial charge in [-0.15, -0.1) is 0 Å². The van der Waals surface area contributed by atoms with E-state index in [4.69, 9.17) is 0 Å². The molecule has 0 aliphatic carbocycles. The van der Waals surface area contributed by atoms with Crippen molar-refractivity contribution in [1.82, 2.24) is 29.8 Å². The quantitative estimate of drug-likeness (QED) is 0.391. The van der Waals surface area contributed by atoms with Gasteiger partial charge in [-0.05, 0) is 33.0 Å². The summed E-state index contributed by atoms with van der Waals surface area (Å²) in [5.41, 5.74) is 1.11. The van der Waals surface area contributed by atoms with Crippen molar-refractivity contribution in [2.24, 2.45) is 0 Å². The van der Waals surface area contributed by atoms with E-state index in [-0.39, 0.29) is 35.4 Å². The fraction of sp³-hybridized carbons (Fsp3) is 0.375. The monoisotopic (exact) mass is 510 g/mol. The highest BCUT2D eigenvalue weighted by Crippen LogP contribution is 2.38. The van der Waals surface area contributed by atoms with Crippen molar-refractivity contribution < 1.29 is 13.2 Å². The van der Waals surface area contributed by atoms with E-state index in [1.807, 2.05) is 13.0 Å². The second-order valence-electron chi connectivity index (χ2n) is 9.18. The van der Waals surface area contributed by atoms with Crippen LogP contribution in [-0.4, -0.2) is 68.7 Å². The number of nitrogens with one attached hydrogen (secondary N) is 4. The van der Waals surface area contributed by atoms with Gasteiger partial charge in [0.1, 0.15) is 11.9 Å². The van der Waals surface area contributed by atoms with Crippen molar-refractivity contribution in [3.8, 4) is 17.3 Å². The number of fused-ring (bicyclic) bond motifs is 1. The molecule has 5 heterocycles. The Morgan fingerprint density at radius 2 is 1.95 bits per heavy atom. The van der Waals surface area contributed by atoms with Crippen molar-refractivity contribution in [3.05, 3.63) is 47.1 Å². The molecule has 3 aromatic rings. The molecular formula is C24H25F3N10. The summed E-state index contributed by atoms with van der Waals surface area (Å²) in [7, 11) is 2.08. The van der Waals surface area contributed by atoms with Gasteiger partial charge in [0.25, 0.3) is 0 Å². The van der Waals surface area contributed by atoms with Gasteiger partial charge in [0, 0.05) is 54.4 Å². The van der Waals surface area contributed by atoms with Gasteiger partial charge in [-0.1, -0.05) is 0 Å². The Balaban J connectivity index is 1.36. The number of hydrogen-bond acceptors (Lipinski definition) is 9. The van der Waals surface area contributed by atoms with Gasteiger partial charge in [-0.3, -0.25) is 0 Å². The molecule has 0 spiro atoms. The molecule has 3 aromatic heterocycles. The summed E-state index contributed by atoms with van der Waals surface area (Å²) in [6.45, 7) is 3.52. The number of nitriles is 1. The number of aromatic amines is 1. The SMILES string of the molecule is C[C@@H](Nc1ncc(C#N)c(-c2c[nH]c3c2C=C(C(F)(F)F)CN3)n1)c1cnc(N[C@H]2CCN(C)C2)nc1. The predicted molar refractivity (Wildman–Crippen MR) is 133 cm³/mol. The lowest BCUT2D eigenvalue weighted by atomic mass is 10.0. The summed E-state index contributed by atoms with van der Waals surface area (Å²) in [6.07, 6.45) is 3.96. The largest absolute Gasteiger partial charge is 0.414 e. The van der Waals surface area contributed by atoms with Crippen molar-refractivity contribution in [1.29, 1.82) is 5.26 Å². The van der Waals surface area contributed by atoms with Gasteiger partial charge in [0.05, 0.1) is 29.1 Å². The number of anilines is 3. The summed E-state index contributed by atoms with van der Waals surface area (Å²) >= 11 is 0. The zero-order valence-corrected chi connectivity index (χ0v) is 20.2. The zero-order valence-electron chi connectivity index (χ0n) is 20.2. The van der Waals surface area contributed by atoms with Crippen LogP contribution in [0.1, 0.15) is 36.1 Å². The van der Waals surface area contributed by atoms with Crippen LogP contribution < -0.4 is 16.0 Å². The summed E-state index contributed by atoms with van der Waals surface area (Å²) in [4.78, 5) is 22.7. The first-order valence-corrected chi connectivity index (χ1v) is 11.8. The predicted octanol–water partition coefficient (Wildman–Crippen LogP) is 3.79. The summed E-state index contributed by atoms with van der Waals surface area (Å²) in [6, 6.07) is 2.06. The second-order valence-corrected chi connectivity index (χ2v) is 9.18. The number of halogens is 3. The fourth-order valence-electron chi connectivity index (χ4n) is 4.40. The van der Waals surface area contributed by atoms with E-state index in [9.17, 15) is 18.4 Å². The summed E-state index contributed by atoms with van der Waals surface area (Å²) < 4.78 is 39.9. The maximum absolute atomic E-state index is 13.3. The maximum atomic E-state index is 13.3. The molecule has 2 atom stereocenters. The molecule has 2 aliphatic rings. The Morgan fingerprint density at radius 1 is 1.19 bits per heavy atom. The lowest BCUT2D eigenvalue weighted by molar-refractivity contribution is -0.0909. The topological polar surface area (TPSA) is 130 Å². The van der Waals surface area contributed by atoms with Gasteiger partial charge in [-0.2, -0.15) is 18.4 Å². The molecule has 0 bridgehead atoms. The van der Waals surface area contributed by atoms with Crippen LogP contribution in [0.2, 0.25) is 0 Å². The molecule has 10 nitrogen and oxygen atoms in total. The average Bonchev–Trinajstić information content (AvgIpc) is 3.49. The molecule has 0 amide bonds. The lowest BCUT2D eigenvalue weighted by Gasteiger charge is -2.19. The molecule has 37 heavy (non-hydrogen) atoms. The molecule has 4 N–H and O–H groups in total. The molecule has 1 fully saturated rings. The van der Waals surface area contributed by atoms with Gasteiger partial charge in [0.2, 0.25) is 11.9 Å². The first-order chi connectivity index (χ1) is 17.7. The molecule has 1 saturated heterocycles. The van der Waals surface area contributed by atoms with Crippen LogP contribution in [0.3, 0.4) is 0 Å². The first kappa shape index (κ1) is 24.5. The molecule has 5 rings (SSSR count). The number of likely N-dealkylation sites (tertiary alicyclic amines) is 1. The van der Waals surface area contributed by atoms with E-state index in [1.165, 1.54) is 12.4 Å². The van der Waals surface area contributed by atoms with Crippen molar-refractivity contribution in [3.63, 3.8) is 0 Å². The first-order valence-electron chi connectivity index (χ1n) is 11.8. The van der Waals surface area contributed by atoms with Crippen molar-refractivity contribution in [2.75, 3.05) is 42.6 Å². The van der Waals surface area contributed by atoms with Crippen LogP contribution in [0.15, 0.2) is 30.4 Å². The normalized spacial score (nSPS) is 18.4. The highest BCUT2D eigenvalue weighted by atomic mass is 19.4. The molecule has 0 unspecified atom stereocenters. The minimum Gasteiger partial charge on any atom is -0.367 e. The number of hydrogen-bond donors (Lipinski definition) is 4. The minimum atomic E-state index is -4.47. The third-order valence-electron chi connectivity index (χ3n) is 6.46. The summed E-state index contributed by atoms with van der Waals surface area (Å²) in [5, 5.41) is 18.8. The van der Waals surface area contributed by atoms with Crippen LogP contribution in [-0.2, 0) is 0 Å². The Hall–Kier alpha value is -4.18. The Labute approximate surface area is 211 Å². The number of H-pyrrole nitrogens is 1. The number of rotatable bonds is 6. The third kappa shape index (κ3) is 5.19. The highest BCUT2D eigenvalue weighted by Gasteiger charge is 2.36. The molecular weight excluding hydrogens is 485 g/mol. The average molecular weight is 511 g/mol. The van der Waals surface area contributed by atoms with Crippen LogP contribution in [0.4, 0.5) is 30.9 Å². The van der Waals surface area contributed by atoms with Gasteiger partial charge < -0.3 is 25.8 Å². The third-order valence-corrected chi connectivity index (χ3v) is 6.46. The lowest BCUT2D eigenvalue weighted by Crippen LogP contribution is -2.24. The fourth-order valence-corrected chi connectivity index (χ4v) is 4.40. The molecule has 192 valence electrons. The highest BCUT2D eigenvalue weighted by molar-refractivity contribution is 5.85. The van der Waals surface area contributed by atoms with E-state index in [0.29, 0.717) is 23.4 Å². The van der Waals surface area contributed by atoms with E-state index in [1.54, 1.807) is 12.4 Å². The molecule has 2 aliphatic heterocycles. The van der Waals surface area contributed by atoms with Gasteiger partial charge in [-0.25, -0.2) is 19.9 Å². The van der Waals surface area contributed by atoms with Crippen molar-refractivity contribution in [2.45, 2.75) is 31.6 Å². The summed E-state index contributed by atoms with van der Waals surface area (Å²) in [5.74, 6) is 1.21. The van der Waals surface area contributed by atoms with Crippen molar-refractivity contribution >= 4 is 23.8 Å². The molecule has 0 aromatic carbocycles. The van der Waals surface area contributed by atoms with Crippen LogP contribution in [0.25, 0.3) is 17.3 Å².